The SMILES string of the molecule is COC(C)(C)CC(C)(C)N=Nc1ccccc1. The van der Waals surface area contributed by atoms with Crippen molar-refractivity contribution >= 4 is 5.69 Å². The first-order valence-corrected chi connectivity index (χ1v) is 5.88. The molecular formula is C14H22N2O. The third kappa shape index (κ3) is 5.09. The molecule has 0 aliphatic rings. The van der Waals surface area contributed by atoms with Crippen LogP contribution in [0.1, 0.15) is 34.1 Å². The molecule has 0 saturated carbocycles. The second-order valence-electron chi connectivity index (χ2n) is 5.49. The Kier molecular flexibility index (Phi) is 4.40. The highest BCUT2D eigenvalue weighted by Gasteiger charge is 2.28. The molecule has 3 nitrogen and oxygen atoms in total. The molecule has 0 saturated heterocycles. The van der Waals surface area contributed by atoms with Crippen LogP contribution in [0.15, 0.2) is 40.6 Å². The van der Waals surface area contributed by atoms with Crippen molar-refractivity contribution in [2.75, 3.05) is 7.11 Å². The topological polar surface area (TPSA) is 34.0 Å². The lowest BCUT2D eigenvalue weighted by Gasteiger charge is -2.30. The number of hydrogen-bond acceptors (Lipinski definition) is 3. The van der Waals surface area contributed by atoms with Gasteiger partial charge >= 0.3 is 0 Å². The summed E-state index contributed by atoms with van der Waals surface area (Å²) in [5.74, 6) is 0. The van der Waals surface area contributed by atoms with Crippen molar-refractivity contribution in [1.82, 2.24) is 0 Å². The Morgan fingerprint density at radius 2 is 1.65 bits per heavy atom. The molecule has 0 fully saturated rings. The standard InChI is InChI=1S/C14H22N2O/c1-13(2,11-14(3,4)17-5)16-15-12-9-7-6-8-10-12/h6-10H,11H2,1-5H3. The monoisotopic (exact) mass is 234 g/mol. The summed E-state index contributed by atoms with van der Waals surface area (Å²) in [7, 11) is 1.73. The summed E-state index contributed by atoms with van der Waals surface area (Å²) in [5.41, 5.74) is 0.477. The molecule has 0 spiro atoms. The van der Waals surface area contributed by atoms with Gasteiger partial charge in [-0.2, -0.15) is 10.2 Å². The molecule has 0 unspecified atom stereocenters. The number of nitrogens with zero attached hydrogens (tertiary/aromatic N) is 2. The van der Waals surface area contributed by atoms with Gasteiger partial charge < -0.3 is 4.74 Å². The molecule has 1 aromatic rings. The minimum absolute atomic E-state index is 0.181. The van der Waals surface area contributed by atoms with Gasteiger partial charge in [0.05, 0.1) is 16.8 Å². The molecule has 0 radical (unpaired) electrons. The quantitative estimate of drug-likeness (QED) is 0.697. The van der Waals surface area contributed by atoms with E-state index in [0.29, 0.717) is 0 Å². The van der Waals surface area contributed by atoms with Gasteiger partial charge in [-0.1, -0.05) is 18.2 Å². The van der Waals surface area contributed by atoms with Gasteiger partial charge in [0.25, 0.3) is 0 Å². The molecule has 94 valence electrons. The fourth-order valence-electron chi connectivity index (χ4n) is 1.84. The molecule has 0 bridgehead atoms. The van der Waals surface area contributed by atoms with Gasteiger partial charge in [-0.05, 0) is 39.8 Å². The molecule has 1 rings (SSSR count). The molecule has 0 aliphatic heterocycles. The summed E-state index contributed by atoms with van der Waals surface area (Å²) in [6, 6.07) is 9.78. The van der Waals surface area contributed by atoms with Gasteiger partial charge in [0.1, 0.15) is 0 Å². The van der Waals surface area contributed by atoms with E-state index < -0.39 is 0 Å². The van der Waals surface area contributed by atoms with Crippen LogP contribution in [0.2, 0.25) is 0 Å². The Labute approximate surface area is 104 Å². The minimum Gasteiger partial charge on any atom is -0.379 e. The molecule has 0 aliphatic carbocycles. The zero-order valence-electron chi connectivity index (χ0n) is 11.4. The van der Waals surface area contributed by atoms with E-state index in [0.717, 1.165) is 12.1 Å². The summed E-state index contributed by atoms with van der Waals surface area (Å²) in [6.07, 6.45) is 0.826. The third-order valence-electron chi connectivity index (χ3n) is 2.60. The largest absolute Gasteiger partial charge is 0.379 e. The maximum Gasteiger partial charge on any atom is 0.0852 e. The van der Waals surface area contributed by atoms with Crippen molar-refractivity contribution in [2.24, 2.45) is 10.2 Å². The molecule has 1 aromatic carbocycles. The highest BCUT2D eigenvalue weighted by Crippen LogP contribution is 2.27. The van der Waals surface area contributed by atoms with E-state index in [-0.39, 0.29) is 11.1 Å². The van der Waals surface area contributed by atoms with Gasteiger partial charge in [-0.15, -0.1) is 0 Å². The van der Waals surface area contributed by atoms with Crippen molar-refractivity contribution in [2.45, 2.75) is 45.3 Å². The van der Waals surface area contributed by atoms with E-state index in [1.807, 2.05) is 30.3 Å². The molecule has 17 heavy (non-hydrogen) atoms. The fraction of sp³-hybridized carbons (Fsp3) is 0.571. The predicted molar refractivity (Wildman–Crippen MR) is 70.7 cm³/mol. The molecular weight excluding hydrogens is 212 g/mol. The molecule has 0 aromatic heterocycles. The average Bonchev–Trinajstić information content (AvgIpc) is 2.27. The highest BCUT2D eigenvalue weighted by atomic mass is 16.5. The maximum atomic E-state index is 5.42. The number of rotatable bonds is 5. The van der Waals surface area contributed by atoms with Crippen LogP contribution in [0.3, 0.4) is 0 Å². The molecule has 0 atom stereocenters. The number of ether oxygens (including phenoxy) is 1. The van der Waals surface area contributed by atoms with Gasteiger partial charge in [0.2, 0.25) is 0 Å². The van der Waals surface area contributed by atoms with Crippen LogP contribution in [0.4, 0.5) is 5.69 Å². The van der Waals surface area contributed by atoms with Gasteiger partial charge in [-0.3, -0.25) is 0 Å². The first kappa shape index (κ1) is 13.8. The summed E-state index contributed by atoms with van der Waals surface area (Å²) >= 11 is 0. The lowest BCUT2D eigenvalue weighted by atomic mass is 9.90. The molecule has 3 heteroatoms. The summed E-state index contributed by atoms with van der Waals surface area (Å²) in [4.78, 5) is 0. The fourth-order valence-corrected chi connectivity index (χ4v) is 1.84. The lowest BCUT2D eigenvalue weighted by molar-refractivity contribution is 0.000994. The van der Waals surface area contributed by atoms with E-state index in [9.17, 15) is 0 Å². The predicted octanol–water partition coefficient (Wildman–Crippen LogP) is 4.36. The number of benzene rings is 1. The summed E-state index contributed by atoms with van der Waals surface area (Å²) in [6.45, 7) is 8.26. The van der Waals surface area contributed by atoms with Crippen molar-refractivity contribution in [3.63, 3.8) is 0 Å². The van der Waals surface area contributed by atoms with E-state index in [4.69, 9.17) is 4.74 Å². The smallest absolute Gasteiger partial charge is 0.0852 e. The van der Waals surface area contributed by atoms with E-state index >= 15 is 0 Å². The van der Waals surface area contributed by atoms with Gasteiger partial charge in [-0.25, -0.2) is 0 Å². The van der Waals surface area contributed by atoms with E-state index in [1.165, 1.54) is 0 Å². The third-order valence-corrected chi connectivity index (χ3v) is 2.60. The average molecular weight is 234 g/mol. The second kappa shape index (κ2) is 5.41. The molecule has 0 amide bonds. The second-order valence-corrected chi connectivity index (χ2v) is 5.49. The van der Waals surface area contributed by atoms with Crippen LogP contribution in [0.25, 0.3) is 0 Å². The number of hydrogen-bond donors (Lipinski definition) is 0. The number of methoxy groups -OCH3 is 1. The van der Waals surface area contributed by atoms with E-state index in [1.54, 1.807) is 7.11 Å². The Balaban J connectivity index is 2.70. The lowest BCUT2D eigenvalue weighted by Crippen LogP contribution is -2.33. The van der Waals surface area contributed by atoms with Crippen molar-refractivity contribution in [3.8, 4) is 0 Å². The van der Waals surface area contributed by atoms with E-state index in [2.05, 4.69) is 37.9 Å². The Hall–Kier alpha value is -1.22. The first-order valence-electron chi connectivity index (χ1n) is 5.88. The first-order chi connectivity index (χ1) is 7.85. The highest BCUT2D eigenvalue weighted by molar-refractivity contribution is 5.34. The van der Waals surface area contributed by atoms with Gasteiger partial charge in [0.15, 0.2) is 0 Å². The van der Waals surface area contributed by atoms with Crippen LogP contribution >= 0.6 is 0 Å². The Bertz CT molecular complexity index is 369. The number of azo groups is 1. The van der Waals surface area contributed by atoms with Crippen LogP contribution in [0, 0.1) is 0 Å². The van der Waals surface area contributed by atoms with Gasteiger partial charge in [0, 0.05) is 13.5 Å². The van der Waals surface area contributed by atoms with Crippen molar-refractivity contribution in [3.05, 3.63) is 30.3 Å². The van der Waals surface area contributed by atoms with Crippen LogP contribution < -0.4 is 0 Å². The Morgan fingerprint density at radius 3 is 2.18 bits per heavy atom. The van der Waals surface area contributed by atoms with Crippen molar-refractivity contribution in [1.29, 1.82) is 0 Å². The van der Waals surface area contributed by atoms with Crippen molar-refractivity contribution < 1.29 is 4.74 Å². The zero-order chi connectivity index (χ0) is 12.9. The summed E-state index contributed by atoms with van der Waals surface area (Å²) in [5, 5.41) is 8.67. The van der Waals surface area contributed by atoms with Crippen LogP contribution in [0.5, 0.6) is 0 Å². The van der Waals surface area contributed by atoms with Crippen LogP contribution in [-0.4, -0.2) is 18.2 Å². The normalized spacial score (nSPS) is 13.2. The van der Waals surface area contributed by atoms with Crippen LogP contribution in [-0.2, 0) is 4.74 Å². The zero-order valence-corrected chi connectivity index (χ0v) is 11.4. The summed E-state index contributed by atoms with van der Waals surface area (Å²) < 4.78 is 5.42. The molecule has 0 N–H and O–H groups in total. The minimum atomic E-state index is -0.227. The molecule has 0 heterocycles. The maximum absolute atomic E-state index is 5.42. The Morgan fingerprint density at radius 1 is 1.06 bits per heavy atom.